The number of hydrogen-bond donors (Lipinski definition) is 0. The minimum absolute atomic E-state index is 0.0544. The lowest BCUT2D eigenvalue weighted by Gasteiger charge is -2.25. The van der Waals surface area contributed by atoms with E-state index in [2.05, 4.69) is 6.08 Å². The molecule has 0 radical (unpaired) electrons. The molecular formula is C9H13NO2. The Balaban J connectivity index is 2.31. The second-order valence-electron chi connectivity index (χ2n) is 3.91. The van der Waals surface area contributed by atoms with Gasteiger partial charge in [0.05, 0.1) is 0 Å². The van der Waals surface area contributed by atoms with Crippen LogP contribution >= 0.6 is 0 Å². The molecule has 0 aromatic heterocycles. The van der Waals surface area contributed by atoms with Crippen molar-refractivity contribution >= 4 is 0 Å². The third-order valence-electron chi connectivity index (χ3n) is 3.45. The van der Waals surface area contributed by atoms with Gasteiger partial charge in [0.15, 0.2) is 0 Å². The van der Waals surface area contributed by atoms with Gasteiger partial charge >= 0.3 is 0 Å². The van der Waals surface area contributed by atoms with Crippen molar-refractivity contribution in [3.05, 3.63) is 22.3 Å². The van der Waals surface area contributed by atoms with Crippen LogP contribution in [-0.2, 0) is 0 Å². The van der Waals surface area contributed by atoms with E-state index in [1.807, 2.05) is 13.0 Å². The molecule has 3 atom stereocenters. The van der Waals surface area contributed by atoms with Gasteiger partial charge in [0.25, 0.3) is 0 Å². The van der Waals surface area contributed by atoms with Crippen LogP contribution in [0.3, 0.4) is 0 Å². The fraction of sp³-hybridized carbons (Fsp3) is 0.778. The summed E-state index contributed by atoms with van der Waals surface area (Å²) < 4.78 is 0. The summed E-state index contributed by atoms with van der Waals surface area (Å²) in [6.45, 7) is 1.93. The Hall–Kier alpha value is -0.860. The van der Waals surface area contributed by atoms with E-state index in [0.29, 0.717) is 12.3 Å². The van der Waals surface area contributed by atoms with Crippen molar-refractivity contribution in [1.29, 1.82) is 0 Å². The molecule has 0 aromatic carbocycles. The van der Waals surface area contributed by atoms with Gasteiger partial charge in [-0.2, -0.15) is 0 Å². The lowest BCUT2D eigenvalue weighted by atomic mass is 9.83. The van der Waals surface area contributed by atoms with Crippen LogP contribution in [0.1, 0.15) is 26.2 Å². The first-order chi connectivity index (χ1) is 5.69. The summed E-state index contributed by atoms with van der Waals surface area (Å²) in [6.07, 6.45) is 6.63. The molecule has 66 valence electrons. The highest BCUT2D eigenvalue weighted by Gasteiger charge is 2.56. The Labute approximate surface area is 71.6 Å². The number of allylic oxidation sites excluding steroid dienone is 1. The third kappa shape index (κ3) is 0.765. The molecule has 0 unspecified atom stereocenters. The van der Waals surface area contributed by atoms with E-state index >= 15 is 0 Å². The summed E-state index contributed by atoms with van der Waals surface area (Å²) in [5.41, 5.74) is -0.612. The predicted molar refractivity (Wildman–Crippen MR) is 45.4 cm³/mol. The molecule has 2 rings (SSSR count). The topological polar surface area (TPSA) is 43.1 Å². The van der Waals surface area contributed by atoms with Crippen LogP contribution < -0.4 is 0 Å². The van der Waals surface area contributed by atoms with Gasteiger partial charge in [0.2, 0.25) is 5.54 Å². The summed E-state index contributed by atoms with van der Waals surface area (Å²) in [6, 6.07) is 0. The second-order valence-corrected chi connectivity index (χ2v) is 3.91. The van der Waals surface area contributed by atoms with Crippen LogP contribution in [0.2, 0.25) is 0 Å². The summed E-state index contributed by atoms with van der Waals surface area (Å²) in [5.74, 6) is 0.697. The Morgan fingerprint density at radius 3 is 2.67 bits per heavy atom. The molecule has 2 aliphatic carbocycles. The van der Waals surface area contributed by atoms with Gasteiger partial charge < -0.3 is 0 Å². The third-order valence-corrected chi connectivity index (χ3v) is 3.45. The normalized spacial score (nSPS) is 43.8. The van der Waals surface area contributed by atoms with E-state index in [1.165, 1.54) is 0 Å². The molecule has 2 bridgehead atoms. The minimum Gasteiger partial charge on any atom is -0.264 e. The van der Waals surface area contributed by atoms with Crippen LogP contribution in [0, 0.1) is 22.0 Å². The number of hydrogen-bond acceptors (Lipinski definition) is 2. The molecule has 0 spiro atoms. The first-order valence-electron chi connectivity index (χ1n) is 4.52. The standard InChI is InChI=1S/C9H13NO2/c1-2-9(10(11)12)6-7-3-4-8(9)5-7/h3-4,7-8H,2,5-6H2,1H3/t7-,8-,9-/m0/s1. The SMILES string of the molecule is CC[C@]1([N+](=O)[O-])C[C@H]2C=C[C@H]1C2. The summed E-state index contributed by atoms with van der Waals surface area (Å²) in [5, 5.41) is 10.9. The number of fused-ring (bicyclic) bond motifs is 2. The van der Waals surface area contributed by atoms with Crippen LogP contribution in [0.4, 0.5) is 0 Å². The van der Waals surface area contributed by atoms with Gasteiger partial charge in [-0.15, -0.1) is 0 Å². The quantitative estimate of drug-likeness (QED) is 0.358. The van der Waals surface area contributed by atoms with Gasteiger partial charge in [-0.3, -0.25) is 10.1 Å². The van der Waals surface area contributed by atoms with Gasteiger partial charge in [-0.05, 0) is 12.3 Å². The number of rotatable bonds is 2. The van der Waals surface area contributed by atoms with Crippen LogP contribution in [0.25, 0.3) is 0 Å². The first kappa shape index (κ1) is 7.77. The van der Waals surface area contributed by atoms with Crippen molar-refractivity contribution in [2.45, 2.75) is 31.7 Å². The molecule has 2 aliphatic rings. The van der Waals surface area contributed by atoms with Gasteiger partial charge in [0, 0.05) is 23.7 Å². The van der Waals surface area contributed by atoms with E-state index in [9.17, 15) is 10.1 Å². The Morgan fingerprint density at radius 2 is 2.42 bits per heavy atom. The zero-order valence-corrected chi connectivity index (χ0v) is 7.19. The minimum atomic E-state index is -0.612. The van der Waals surface area contributed by atoms with E-state index in [1.54, 1.807) is 0 Å². The van der Waals surface area contributed by atoms with Gasteiger partial charge in [-0.1, -0.05) is 19.1 Å². The van der Waals surface area contributed by atoms with Gasteiger partial charge in [0.1, 0.15) is 0 Å². The van der Waals surface area contributed by atoms with Crippen molar-refractivity contribution in [1.82, 2.24) is 0 Å². The maximum absolute atomic E-state index is 10.9. The highest BCUT2D eigenvalue weighted by Crippen LogP contribution is 2.49. The average molecular weight is 167 g/mol. The van der Waals surface area contributed by atoms with Crippen LogP contribution in [0.5, 0.6) is 0 Å². The maximum atomic E-state index is 10.9. The zero-order valence-electron chi connectivity index (χ0n) is 7.19. The van der Waals surface area contributed by atoms with E-state index < -0.39 is 5.54 Å². The molecule has 3 nitrogen and oxygen atoms in total. The van der Waals surface area contributed by atoms with Crippen LogP contribution in [0.15, 0.2) is 12.2 Å². The Kier molecular flexibility index (Phi) is 1.50. The van der Waals surface area contributed by atoms with Crippen molar-refractivity contribution in [3.8, 4) is 0 Å². The number of nitro groups is 1. The largest absolute Gasteiger partial charge is 0.264 e. The van der Waals surface area contributed by atoms with Crippen molar-refractivity contribution in [2.75, 3.05) is 0 Å². The van der Waals surface area contributed by atoms with E-state index in [0.717, 1.165) is 12.8 Å². The molecular weight excluding hydrogens is 154 g/mol. The summed E-state index contributed by atoms with van der Waals surface area (Å²) >= 11 is 0. The monoisotopic (exact) mass is 167 g/mol. The maximum Gasteiger partial charge on any atom is 0.228 e. The molecule has 1 saturated carbocycles. The molecule has 12 heavy (non-hydrogen) atoms. The average Bonchev–Trinajstić information content (AvgIpc) is 2.62. The zero-order chi connectivity index (χ0) is 8.77. The molecule has 0 aromatic rings. The second kappa shape index (κ2) is 2.31. The Morgan fingerprint density at radius 1 is 1.67 bits per heavy atom. The van der Waals surface area contributed by atoms with Crippen molar-refractivity contribution in [3.63, 3.8) is 0 Å². The first-order valence-corrected chi connectivity index (χ1v) is 4.52. The number of nitrogens with zero attached hydrogens (tertiary/aromatic N) is 1. The predicted octanol–water partition coefficient (Wildman–Crippen LogP) is 2.01. The van der Waals surface area contributed by atoms with Crippen LogP contribution in [-0.4, -0.2) is 10.5 Å². The van der Waals surface area contributed by atoms with E-state index in [4.69, 9.17) is 0 Å². The van der Waals surface area contributed by atoms with Crippen molar-refractivity contribution < 1.29 is 4.92 Å². The fourth-order valence-electron chi connectivity index (χ4n) is 2.68. The summed E-state index contributed by atoms with van der Waals surface area (Å²) in [7, 11) is 0. The molecule has 0 aliphatic heterocycles. The molecule has 0 saturated heterocycles. The molecule has 0 heterocycles. The lowest BCUT2D eigenvalue weighted by molar-refractivity contribution is -0.576. The molecule has 0 amide bonds. The Bertz CT molecular complexity index is 249. The smallest absolute Gasteiger partial charge is 0.228 e. The highest BCUT2D eigenvalue weighted by molar-refractivity contribution is 5.16. The van der Waals surface area contributed by atoms with Gasteiger partial charge in [-0.25, -0.2) is 0 Å². The van der Waals surface area contributed by atoms with Crippen molar-refractivity contribution in [2.24, 2.45) is 11.8 Å². The molecule has 1 fully saturated rings. The van der Waals surface area contributed by atoms with E-state index in [-0.39, 0.29) is 10.8 Å². The highest BCUT2D eigenvalue weighted by atomic mass is 16.6. The fourth-order valence-corrected chi connectivity index (χ4v) is 2.68. The molecule has 0 N–H and O–H groups in total. The summed E-state index contributed by atoms with van der Waals surface area (Å²) in [4.78, 5) is 10.9. The lowest BCUT2D eigenvalue weighted by Crippen LogP contribution is -2.41. The molecule has 3 heteroatoms.